The first-order valence-corrected chi connectivity index (χ1v) is 5.58. The molecule has 2 atom stereocenters. The summed E-state index contributed by atoms with van der Waals surface area (Å²) in [5, 5.41) is 20.1. The molecule has 2 bridgehead atoms. The van der Waals surface area contributed by atoms with Crippen molar-refractivity contribution in [2.45, 2.75) is 36.9 Å². The van der Waals surface area contributed by atoms with Gasteiger partial charge in [0.05, 0.1) is 0 Å². The minimum absolute atomic E-state index is 0.432. The van der Waals surface area contributed by atoms with E-state index in [0.29, 0.717) is 6.42 Å². The van der Waals surface area contributed by atoms with Crippen LogP contribution in [0.2, 0.25) is 0 Å². The van der Waals surface area contributed by atoms with Crippen LogP contribution in [0.15, 0.2) is 8.96 Å². The summed E-state index contributed by atoms with van der Waals surface area (Å²) in [7, 11) is 0. The molecule has 0 aliphatic heterocycles. The summed E-state index contributed by atoms with van der Waals surface area (Å²) in [6, 6.07) is 0. The average molecular weight is 298 g/mol. The molecule has 2 nitrogen and oxygen atoms in total. The standard InChI is InChI=1S/C8H10Br2O2/c9-5-6(10)8(12)3-1-2-7(5,11)4-8/h11-12H,1-4H2/t7-,8+. The van der Waals surface area contributed by atoms with Crippen LogP contribution in [0.1, 0.15) is 25.7 Å². The molecule has 68 valence electrons. The highest BCUT2D eigenvalue weighted by Gasteiger charge is 2.53. The predicted molar refractivity (Wildman–Crippen MR) is 53.2 cm³/mol. The summed E-state index contributed by atoms with van der Waals surface area (Å²) in [4.78, 5) is 0. The maximum atomic E-state index is 10.0. The van der Waals surface area contributed by atoms with Crippen molar-refractivity contribution in [3.63, 3.8) is 0 Å². The van der Waals surface area contributed by atoms with Crippen LogP contribution >= 0.6 is 31.9 Å². The SMILES string of the molecule is O[C@]12CCC[C@](O)(C1)C(Br)=C2Br. The van der Waals surface area contributed by atoms with Crippen LogP contribution in [0.4, 0.5) is 0 Å². The Labute approximate surface area is 87.9 Å². The molecule has 0 unspecified atom stereocenters. The fraction of sp³-hybridized carbons (Fsp3) is 0.750. The topological polar surface area (TPSA) is 40.5 Å². The van der Waals surface area contributed by atoms with Crippen LogP contribution in [0.5, 0.6) is 0 Å². The Morgan fingerprint density at radius 1 is 1.00 bits per heavy atom. The summed E-state index contributed by atoms with van der Waals surface area (Å²) in [5.74, 6) is 0. The molecule has 0 heterocycles. The Morgan fingerprint density at radius 3 is 1.75 bits per heavy atom. The van der Waals surface area contributed by atoms with E-state index in [0.717, 1.165) is 28.2 Å². The molecule has 2 N–H and O–H groups in total. The van der Waals surface area contributed by atoms with E-state index in [1.54, 1.807) is 0 Å². The third-order valence-electron chi connectivity index (χ3n) is 2.78. The van der Waals surface area contributed by atoms with Crippen LogP contribution in [-0.2, 0) is 0 Å². The van der Waals surface area contributed by atoms with Crippen LogP contribution < -0.4 is 0 Å². The molecule has 0 radical (unpaired) electrons. The third kappa shape index (κ3) is 1.05. The summed E-state index contributed by atoms with van der Waals surface area (Å²) < 4.78 is 1.46. The first-order valence-electron chi connectivity index (χ1n) is 3.99. The monoisotopic (exact) mass is 296 g/mol. The molecule has 1 fully saturated rings. The molecule has 0 saturated heterocycles. The molecule has 0 spiro atoms. The molecule has 12 heavy (non-hydrogen) atoms. The van der Waals surface area contributed by atoms with Crippen molar-refractivity contribution >= 4 is 31.9 Å². The second-order valence-corrected chi connectivity index (χ2v) is 5.31. The average Bonchev–Trinajstić information content (AvgIpc) is 2.10. The van der Waals surface area contributed by atoms with Gasteiger partial charge in [-0.05, 0) is 19.3 Å². The first-order chi connectivity index (χ1) is 5.48. The van der Waals surface area contributed by atoms with Gasteiger partial charge in [-0.3, -0.25) is 0 Å². The molecule has 0 aromatic carbocycles. The molecule has 0 aromatic heterocycles. The highest BCUT2D eigenvalue weighted by molar-refractivity contribution is 9.14. The van der Waals surface area contributed by atoms with E-state index in [2.05, 4.69) is 31.9 Å². The largest absolute Gasteiger partial charge is 0.384 e. The zero-order chi connectivity index (χ0) is 8.98. The smallest absolute Gasteiger partial charge is 0.100 e. The van der Waals surface area contributed by atoms with Gasteiger partial charge in [0.2, 0.25) is 0 Å². The molecule has 1 saturated carbocycles. The van der Waals surface area contributed by atoms with E-state index in [1.807, 2.05) is 0 Å². The van der Waals surface area contributed by atoms with Crippen molar-refractivity contribution in [1.29, 1.82) is 0 Å². The highest BCUT2D eigenvalue weighted by Crippen LogP contribution is 2.55. The van der Waals surface area contributed by atoms with Crippen LogP contribution in [0.25, 0.3) is 0 Å². The number of aliphatic hydroxyl groups is 2. The maximum Gasteiger partial charge on any atom is 0.100 e. The van der Waals surface area contributed by atoms with Crippen molar-refractivity contribution in [2.75, 3.05) is 0 Å². The number of hydrogen-bond donors (Lipinski definition) is 2. The summed E-state index contributed by atoms with van der Waals surface area (Å²) >= 11 is 6.65. The van der Waals surface area contributed by atoms with Crippen molar-refractivity contribution in [1.82, 2.24) is 0 Å². The summed E-state index contributed by atoms with van der Waals surface area (Å²) in [5.41, 5.74) is -1.63. The van der Waals surface area contributed by atoms with Gasteiger partial charge in [0.15, 0.2) is 0 Å². The van der Waals surface area contributed by atoms with E-state index >= 15 is 0 Å². The lowest BCUT2D eigenvalue weighted by molar-refractivity contribution is -0.0331. The van der Waals surface area contributed by atoms with Crippen LogP contribution in [-0.4, -0.2) is 21.4 Å². The summed E-state index contributed by atoms with van der Waals surface area (Å²) in [6.07, 6.45) is 2.79. The van der Waals surface area contributed by atoms with Gasteiger partial charge in [-0.1, -0.05) is 31.9 Å². The lowest BCUT2D eigenvalue weighted by atomic mass is 9.82. The Bertz CT molecular complexity index is 240. The molecule has 2 aliphatic carbocycles. The van der Waals surface area contributed by atoms with E-state index in [1.165, 1.54) is 0 Å². The maximum absolute atomic E-state index is 10.0. The highest BCUT2D eigenvalue weighted by atomic mass is 79.9. The fourth-order valence-corrected chi connectivity index (χ4v) is 3.53. The van der Waals surface area contributed by atoms with Gasteiger partial charge in [-0.15, -0.1) is 0 Å². The fourth-order valence-electron chi connectivity index (χ4n) is 2.12. The second kappa shape index (κ2) is 2.56. The first kappa shape index (κ1) is 9.19. The molecule has 4 heteroatoms. The Balaban J connectivity index is 2.48. The molecule has 0 amide bonds. The number of halogens is 2. The van der Waals surface area contributed by atoms with Crippen molar-refractivity contribution in [2.24, 2.45) is 0 Å². The van der Waals surface area contributed by atoms with Gasteiger partial charge in [-0.2, -0.15) is 0 Å². The van der Waals surface area contributed by atoms with E-state index in [4.69, 9.17) is 0 Å². The summed E-state index contributed by atoms with van der Waals surface area (Å²) in [6.45, 7) is 0. The van der Waals surface area contributed by atoms with Crippen LogP contribution in [0.3, 0.4) is 0 Å². The Morgan fingerprint density at radius 2 is 1.42 bits per heavy atom. The molecular formula is C8H10Br2O2. The van der Waals surface area contributed by atoms with Gasteiger partial charge in [0.1, 0.15) is 11.2 Å². The van der Waals surface area contributed by atoms with Gasteiger partial charge in [-0.25, -0.2) is 0 Å². The van der Waals surface area contributed by atoms with Gasteiger partial charge >= 0.3 is 0 Å². The molecule has 0 aromatic rings. The van der Waals surface area contributed by atoms with Gasteiger partial charge in [0.25, 0.3) is 0 Å². The Kier molecular flexibility index (Phi) is 1.96. The van der Waals surface area contributed by atoms with Crippen molar-refractivity contribution < 1.29 is 10.2 Å². The molecule has 2 rings (SSSR count). The normalized spacial score (nSPS) is 47.0. The van der Waals surface area contributed by atoms with Crippen molar-refractivity contribution in [3.05, 3.63) is 8.96 Å². The lowest BCUT2D eigenvalue weighted by Gasteiger charge is -2.33. The zero-order valence-corrected chi connectivity index (χ0v) is 9.65. The molecule has 2 aliphatic rings. The zero-order valence-electron chi connectivity index (χ0n) is 6.48. The van der Waals surface area contributed by atoms with E-state index in [9.17, 15) is 10.2 Å². The predicted octanol–water partition coefficient (Wildman–Crippen LogP) is 2.04. The van der Waals surface area contributed by atoms with E-state index < -0.39 is 11.2 Å². The lowest BCUT2D eigenvalue weighted by Crippen LogP contribution is -2.39. The molecular weight excluding hydrogens is 288 g/mol. The van der Waals surface area contributed by atoms with Gasteiger partial charge < -0.3 is 10.2 Å². The minimum atomic E-state index is -0.814. The minimum Gasteiger partial charge on any atom is -0.384 e. The quantitative estimate of drug-likeness (QED) is 0.718. The van der Waals surface area contributed by atoms with Crippen molar-refractivity contribution in [3.8, 4) is 0 Å². The van der Waals surface area contributed by atoms with Gasteiger partial charge in [0, 0.05) is 15.4 Å². The second-order valence-electron chi connectivity index (χ2n) is 3.72. The number of hydrogen-bond acceptors (Lipinski definition) is 2. The Hall–Kier alpha value is 0.620. The number of rotatable bonds is 0. The third-order valence-corrected chi connectivity index (χ3v) is 5.58. The number of fused-ring (bicyclic) bond motifs is 2. The van der Waals surface area contributed by atoms with E-state index in [-0.39, 0.29) is 0 Å². The van der Waals surface area contributed by atoms with Crippen LogP contribution in [0, 0.1) is 0 Å².